The zero-order valence-corrected chi connectivity index (χ0v) is 27.5. The number of ketones is 1. The maximum Gasteiger partial charge on any atom is 0.294 e. The first-order chi connectivity index (χ1) is 21.2. The summed E-state index contributed by atoms with van der Waals surface area (Å²) >= 11 is 0. The van der Waals surface area contributed by atoms with Crippen LogP contribution in [0.4, 0.5) is 22.7 Å². The van der Waals surface area contributed by atoms with Gasteiger partial charge in [0, 0.05) is 47.0 Å². The Morgan fingerprint density at radius 3 is 1.44 bits per heavy atom. The topological polar surface area (TPSA) is 132 Å². The van der Waals surface area contributed by atoms with Crippen LogP contribution in [0.1, 0.15) is 39.9 Å². The predicted molar refractivity (Wildman–Crippen MR) is 176 cm³/mol. The Kier molecular flexibility index (Phi) is 6.88. The van der Waals surface area contributed by atoms with Gasteiger partial charge in [0.1, 0.15) is 8.07 Å². The van der Waals surface area contributed by atoms with Gasteiger partial charge < -0.3 is 9.80 Å². The molecule has 3 heterocycles. The molecule has 0 aromatic heterocycles. The first-order valence-electron chi connectivity index (χ1n) is 14.8. The lowest BCUT2D eigenvalue weighted by atomic mass is 9.98. The third-order valence-corrected chi connectivity index (χ3v) is 14.6. The number of anilines is 4. The molecule has 9 nitrogen and oxygen atoms in total. The zero-order valence-electron chi connectivity index (χ0n) is 24.8. The van der Waals surface area contributed by atoms with Gasteiger partial charge in [0.15, 0.2) is 5.78 Å². The van der Waals surface area contributed by atoms with Crippen molar-refractivity contribution in [1.82, 2.24) is 0 Å². The summed E-state index contributed by atoms with van der Waals surface area (Å²) in [6.45, 7) is 5.97. The fourth-order valence-electron chi connectivity index (χ4n) is 7.12. The van der Waals surface area contributed by atoms with Gasteiger partial charge in [0.05, 0.1) is 9.79 Å². The molecule has 4 aromatic carbocycles. The van der Waals surface area contributed by atoms with Crippen molar-refractivity contribution >= 4 is 67.2 Å². The van der Waals surface area contributed by atoms with E-state index in [4.69, 9.17) is 0 Å². The van der Waals surface area contributed by atoms with Crippen LogP contribution in [0.3, 0.4) is 0 Å². The van der Waals surface area contributed by atoms with Crippen LogP contribution < -0.4 is 20.2 Å². The second-order valence-corrected chi connectivity index (χ2v) is 19.6. The van der Waals surface area contributed by atoms with E-state index in [9.17, 15) is 30.7 Å². The predicted octanol–water partition coefficient (Wildman–Crippen LogP) is 4.72. The highest BCUT2D eigenvalue weighted by molar-refractivity contribution is 7.86. The van der Waals surface area contributed by atoms with Crippen molar-refractivity contribution in [1.29, 1.82) is 0 Å². The Morgan fingerprint density at radius 2 is 1.04 bits per heavy atom. The molecule has 3 aliphatic heterocycles. The highest BCUT2D eigenvalue weighted by Gasteiger charge is 2.40. The largest absolute Gasteiger partial charge is 0.341 e. The van der Waals surface area contributed by atoms with E-state index in [2.05, 4.69) is 35.0 Å². The Hall–Kier alpha value is -3.81. The molecule has 2 N–H and O–H groups in total. The number of aryl methyl sites for hydroxylation is 2. The van der Waals surface area contributed by atoms with Gasteiger partial charge in [0.2, 0.25) is 0 Å². The van der Waals surface area contributed by atoms with Crippen molar-refractivity contribution in [3.05, 3.63) is 95.1 Å². The fraction of sp³-hybridized carbons (Fsp3) is 0.242. The molecular formula is C33H32N2O7S2Si. The van der Waals surface area contributed by atoms with Crippen molar-refractivity contribution in [3.63, 3.8) is 0 Å². The number of nitrogens with zero attached hydrogens (tertiary/aromatic N) is 2. The van der Waals surface area contributed by atoms with Crippen molar-refractivity contribution in [2.45, 2.75) is 48.6 Å². The summed E-state index contributed by atoms with van der Waals surface area (Å²) in [6, 6.07) is 21.4. The summed E-state index contributed by atoms with van der Waals surface area (Å²) in [7, 11) is -11.0. The van der Waals surface area contributed by atoms with Gasteiger partial charge in [0.25, 0.3) is 20.2 Å². The van der Waals surface area contributed by atoms with Crippen molar-refractivity contribution < 1.29 is 30.7 Å². The van der Waals surface area contributed by atoms with Gasteiger partial charge in [-0.1, -0.05) is 13.1 Å². The maximum absolute atomic E-state index is 13.9. The molecule has 45 heavy (non-hydrogen) atoms. The van der Waals surface area contributed by atoms with Gasteiger partial charge in [-0.25, -0.2) is 0 Å². The van der Waals surface area contributed by atoms with E-state index >= 15 is 0 Å². The van der Waals surface area contributed by atoms with Crippen LogP contribution in [-0.2, 0) is 33.1 Å². The molecule has 7 rings (SSSR count). The minimum absolute atomic E-state index is 0.0152. The van der Waals surface area contributed by atoms with Crippen LogP contribution >= 0.6 is 0 Å². The molecule has 232 valence electrons. The van der Waals surface area contributed by atoms with Crippen molar-refractivity contribution in [2.75, 3.05) is 22.9 Å². The Balaban J connectivity index is 1.28. The molecule has 3 aliphatic rings. The molecule has 0 amide bonds. The average Bonchev–Trinajstić information content (AvgIpc) is 3.01. The number of benzene rings is 4. The zero-order chi connectivity index (χ0) is 31.9. The molecule has 0 saturated carbocycles. The molecule has 0 unspecified atom stereocenters. The second-order valence-electron chi connectivity index (χ2n) is 12.5. The van der Waals surface area contributed by atoms with Crippen LogP contribution in [0.5, 0.6) is 0 Å². The minimum Gasteiger partial charge on any atom is -0.341 e. The highest BCUT2D eigenvalue weighted by Crippen LogP contribution is 2.38. The summed E-state index contributed by atoms with van der Waals surface area (Å²) in [5, 5.41) is 2.07. The van der Waals surface area contributed by atoms with Crippen LogP contribution in [0, 0.1) is 0 Å². The average molecular weight is 661 g/mol. The maximum atomic E-state index is 13.9. The molecular weight excluding hydrogens is 629 g/mol. The normalized spacial score (nSPS) is 17.3. The number of carbonyl (C=O) groups is 1. The van der Waals surface area contributed by atoms with Crippen LogP contribution in [0.25, 0.3) is 0 Å². The summed E-state index contributed by atoms with van der Waals surface area (Å²) in [4.78, 5) is 17.9. The second kappa shape index (κ2) is 10.4. The Morgan fingerprint density at radius 1 is 0.622 bits per heavy atom. The van der Waals surface area contributed by atoms with E-state index in [0.717, 1.165) is 70.2 Å². The lowest BCUT2D eigenvalue weighted by Crippen LogP contribution is -2.60. The van der Waals surface area contributed by atoms with E-state index in [1.807, 2.05) is 24.3 Å². The van der Waals surface area contributed by atoms with Gasteiger partial charge in [-0.05, 0) is 120 Å². The van der Waals surface area contributed by atoms with E-state index < -0.39 is 28.3 Å². The number of rotatable bonds is 4. The summed E-state index contributed by atoms with van der Waals surface area (Å²) < 4.78 is 66.1. The molecule has 4 aromatic rings. The lowest BCUT2D eigenvalue weighted by Gasteiger charge is -2.37. The SMILES string of the molecule is C[Si]1(C)c2cc(N3CCCc4cc(S(=O)(=O)O)ccc43)ccc2C(=O)c2ccc(N3CCCc4cc(S(=O)(=O)O)ccc43)cc21. The van der Waals surface area contributed by atoms with Crippen LogP contribution in [0.15, 0.2) is 82.6 Å². The van der Waals surface area contributed by atoms with Crippen LogP contribution in [0.2, 0.25) is 13.1 Å². The van der Waals surface area contributed by atoms with Crippen molar-refractivity contribution in [3.8, 4) is 0 Å². The highest BCUT2D eigenvalue weighted by atomic mass is 32.2. The smallest absolute Gasteiger partial charge is 0.294 e. The van der Waals surface area contributed by atoms with Crippen LogP contribution in [-0.4, -0.2) is 52.9 Å². The standard InChI is InChI=1S/C33H32N2O7S2Si/c1-45(2)31-19-23(34-15-3-5-21-17-25(43(37,38)39)9-13-29(21)34)7-11-27(31)33(36)28-12-8-24(20-32(28)45)35-16-4-6-22-18-26(44(40,41)42)10-14-30(22)35/h7-14,17-20H,3-6,15-16H2,1-2H3,(H,37,38,39)(H,40,41,42). The van der Waals surface area contributed by atoms with E-state index in [1.54, 1.807) is 12.1 Å². The number of carbonyl (C=O) groups excluding carboxylic acids is 1. The summed E-state index contributed by atoms with van der Waals surface area (Å²) in [6.07, 6.45) is 3.03. The molecule has 0 bridgehead atoms. The minimum atomic E-state index is -4.30. The lowest BCUT2D eigenvalue weighted by molar-refractivity contribution is 0.104. The van der Waals surface area contributed by atoms with E-state index in [-0.39, 0.29) is 15.6 Å². The molecule has 12 heteroatoms. The molecule has 0 saturated heterocycles. The Bertz CT molecular complexity index is 2000. The number of hydrogen-bond acceptors (Lipinski definition) is 7. The number of fused-ring (bicyclic) bond motifs is 4. The summed E-state index contributed by atoms with van der Waals surface area (Å²) in [5.41, 5.74) is 6.75. The monoisotopic (exact) mass is 660 g/mol. The molecule has 0 fully saturated rings. The third-order valence-electron chi connectivity index (χ3n) is 9.40. The molecule has 0 atom stereocenters. The van der Waals surface area contributed by atoms with E-state index in [1.165, 1.54) is 24.3 Å². The first kappa shape index (κ1) is 29.9. The molecule has 0 aliphatic carbocycles. The number of hydrogen-bond donors (Lipinski definition) is 2. The fourth-order valence-corrected chi connectivity index (χ4v) is 11.2. The summed E-state index contributed by atoms with van der Waals surface area (Å²) in [5.74, 6) is -0.0152. The van der Waals surface area contributed by atoms with Gasteiger partial charge in [-0.2, -0.15) is 16.8 Å². The van der Waals surface area contributed by atoms with Gasteiger partial charge in [-0.3, -0.25) is 13.9 Å². The quantitative estimate of drug-likeness (QED) is 0.236. The molecule has 0 spiro atoms. The van der Waals surface area contributed by atoms with Gasteiger partial charge >= 0.3 is 0 Å². The van der Waals surface area contributed by atoms with Gasteiger partial charge in [-0.15, -0.1) is 0 Å². The molecule has 0 radical (unpaired) electrons. The van der Waals surface area contributed by atoms with E-state index in [0.29, 0.717) is 24.0 Å². The third kappa shape index (κ3) is 5.01. The van der Waals surface area contributed by atoms with Crippen molar-refractivity contribution in [2.24, 2.45) is 0 Å². The first-order valence-corrected chi connectivity index (χ1v) is 20.7. The Labute approximate surface area is 263 Å².